The molecule has 3 fully saturated rings. The number of phenols is 1. The summed E-state index contributed by atoms with van der Waals surface area (Å²) in [7, 11) is 0. The number of esters is 1. The van der Waals surface area contributed by atoms with Crippen molar-refractivity contribution in [3.8, 4) is 5.75 Å². The van der Waals surface area contributed by atoms with Crippen LogP contribution in [0.5, 0.6) is 5.75 Å². The molecule has 0 aliphatic carbocycles. The SMILES string of the molecule is O=C1OC2C3COC(O)C(O)(O3)C2/C1=C/c1ccc(O)cc1. The molecule has 1 aromatic rings. The first kappa shape index (κ1) is 13.7. The summed E-state index contributed by atoms with van der Waals surface area (Å²) in [6, 6.07) is 6.23. The maximum Gasteiger partial charge on any atom is 0.335 e. The minimum absolute atomic E-state index is 0.0460. The fourth-order valence-corrected chi connectivity index (χ4v) is 3.24. The lowest BCUT2D eigenvalue weighted by atomic mass is 9.87. The summed E-state index contributed by atoms with van der Waals surface area (Å²) in [4.78, 5) is 12.1. The smallest absolute Gasteiger partial charge is 0.335 e. The van der Waals surface area contributed by atoms with E-state index in [9.17, 15) is 20.1 Å². The van der Waals surface area contributed by atoms with E-state index in [-0.39, 0.29) is 17.9 Å². The third-order valence-electron chi connectivity index (χ3n) is 4.28. The lowest BCUT2D eigenvalue weighted by Crippen LogP contribution is -2.52. The highest BCUT2D eigenvalue weighted by Gasteiger charge is 2.68. The van der Waals surface area contributed by atoms with Crippen molar-refractivity contribution in [2.24, 2.45) is 5.92 Å². The number of aliphatic hydroxyl groups excluding tert-OH is 1. The molecule has 3 saturated heterocycles. The fraction of sp³-hybridized carbons (Fsp3) is 0.400. The summed E-state index contributed by atoms with van der Waals surface area (Å²) in [6.45, 7) is 0.0460. The first-order valence-corrected chi connectivity index (χ1v) is 6.90. The summed E-state index contributed by atoms with van der Waals surface area (Å²) in [5.74, 6) is -3.26. The van der Waals surface area contributed by atoms with Gasteiger partial charge in [-0.3, -0.25) is 0 Å². The van der Waals surface area contributed by atoms with Crippen molar-refractivity contribution in [2.75, 3.05) is 6.61 Å². The van der Waals surface area contributed by atoms with E-state index in [0.29, 0.717) is 5.56 Å². The van der Waals surface area contributed by atoms with E-state index in [0.717, 1.165) is 0 Å². The quantitative estimate of drug-likeness (QED) is 0.485. The first-order chi connectivity index (χ1) is 10.5. The Morgan fingerprint density at radius 2 is 2.00 bits per heavy atom. The van der Waals surface area contributed by atoms with Gasteiger partial charge < -0.3 is 29.5 Å². The van der Waals surface area contributed by atoms with Gasteiger partial charge in [0.2, 0.25) is 12.1 Å². The van der Waals surface area contributed by atoms with Crippen LogP contribution in [0, 0.1) is 5.92 Å². The molecule has 0 aromatic heterocycles. The molecule has 3 N–H and O–H groups in total. The summed E-state index contributed by atoms with van der Waals surface area (Å²) in [6.07, 6.45) is -1.27. The number of hydrogen-bond acceptors (Lipinski definition) is 7. The molecule has 0 spiro atoms. The number of phenolic OH excluding ortho intramolecular Hbond substituents is 1. The number of carbonyl (C=O) groups is 1. The van der Waals surface area contributed by atoms with E-state index >= 15 is 0 Å². The maximum atomic E-state index is 12.1. The van der Waals surface area contributed by atoms with Crippen LogP contribution in [0.2, 0.25) is 0 Å². The topological polar surface area (TPSA) is 105 Å². The molecular weight excluding hydrogens is 292 g/mol. The van der Waals surface area contributed by atoms with Gasteiger partial charge in [0.05, 0.1) is 18.1 Å². The Bertz CT molecular complexity index is 652. The van der Waals surface area contributed by atoms with Crippen LogP contribution in [0.4, 0.5) is 0 Å². The number of hydrogen-bond donors (Lipinski definition) is 3. The van der Waals surface area contributed by atoms with Gasteiger partial charge in [-0.15, -0.1) is 0 Å². The molecule has 0 saturated carbocycles. The molecular formula is C15H14O7. The number of benzene rings is 1. The van der Waals surface area contributed by atoms with Crippen LogP contribution in [0.3, 0.4) is 0 Å². The molecule has 0 amide bonds. The zero-order chi connectivity index (χ0) is 15.5. The highest BCUT2D eigenvalue weighted by Crippen LogP contribution is 2.50. The normalized spacial score (nSPS) is 41.5. The summed E-state index contributed by atoms with van der Waals surface area (Å²) in [5, 5.41) is 29.7. The average Bonchev–Trinajstić information content (AvgIpc) is 2.93. The second kappa shape index (κ2) is 4.53. The van der Waals surface area contributed by atoms with Crippen LogP contribution in [-0.4, -0.2) is 52.2 Å². The molecule has 116 valence electrons. The van der Waals surface area contributed by atoms with Crippen molar-refractivity contribution in [3.63, 3.8) is 0 Å². The molecule has 7 heteroatoms. The highest BCUT2D eigenvalue weighted by atomic mass is 16.8. The van der Waals surface area contributed by atoms with Crippen LogP contribution >= 0.6 is 0 Å². The number of rotatable bonds is 1. The molecule has 5 atom stereocenters. The molecule has 3 aliphatic rings. The molecule has 22 heavy (non-hydrogen) atoms. The number of fused-ring (bicyclic) bond motifs is 5. The predicted molar refractivity (Wildman–Crippen MR) is 71.2 cm³/mol. The third kappa shape index (κ3) is 1.80. The highest BCUT2D eigenvalue weighted by molar-refractivity contribution is 5.97. The van der Waals surface area contributed by atoms with Crippen molar-refractivity contribution < 1.29 is 34.3 Å². The minimum Gasteiger partial charge on any atom is -0.508 e. The summed E-state index contributed by atoms with van der Waals surface area (Å²) < 4.78 is 15.8. The first-order valence-electron chi connectivity index (χ1n) is 6.90. The third-order valence-corrected chi connectivity index (χ3v) is 4.28. The lowest BCUT2D eigenvalue weighted by molar-refractivity contribution is -0.361. The molecule has 4 rings (SSSR count). The average molecular weight is 306 g/mol. The second-order valence-corrected chi connectivity index (χ2v) is 5.63. The fourth-order valence-electron chi connectivity index (χ4n) is 3.24. The summed E-state index contributed by atoms with van der Waals surface area (Å²) in [5.41, 5.74) is 0.871. The van der Waals surface area contributed by atoms with Crippen LogP contribution in [-0.2, 0) is 19.0 Å². The van der Waals surface area contributed by atoms with Crippen molar-refractivity contribution in [1.29, 1.82) is 0 Å². The second-order valence-electron chi connectivity index (χ2n) is 5.63. The minimum atomic E-state index is -2.00. The number of aromatic hydroxyl groups is 1. The molecule has 1 aromatic carbocycles. The predicted octanol–water partition coefficient (Wildman–Crippen LogP) is -0.247. The van der Waals surface area contributed by atoms with Crippen LogP contribution in [0.1, 0.15) is 5.56 Å². The van der Waals surface area contributed by atoms with Gasteiger partial charge in [-0.25, -0.2) is 4.79 Å². The van der Waals surface area contributed by atoms with Crippen molar-refractivity contribution in [3.05, 3.63) is 35.4 Å². The van der Waals surface area contributed by atoms with Gasteiger partial charge in [0.1, 0.15) is 18.0 Å². The number of aliphatic hydroxyl groups is 2. The van der Waals surface area contributed by atoms with Crippen molar-refractivity contribution in [2.45, 2.75) is 24.3 Å². The van der Waals surface area contributed by atoms with Crippen molar-refractivity contribution in [1.82, 2.24) is 0 Å². The molecule has 7 nitrogen and oxygen atoms in total. The van der Waals surface area contributed by atoms with E-state index in [1.165, 1.54) is 12.1 Å². The van der Waals surface area contributed by atoms with Crippen LogP contribution in [0.25, 0.3) is 6.08 Å². The van der Waals surface area contributed by atoms with Gasteiger partial charge in [-0.2, -0.15) is 0 Å². The van der Waals surface area contributed by atoms with Crippen LogP contribution < -0.4 is 0 Å². The summed E-state index contributed by atoms with van der Waals surface area (Å²) >= 11 is 0. The van der Waals surface area contributed by atoms with Gasteiger partial charge in [0.15, 0.2) is 0 Å². The standard InChI is InChI=1S/C15H14O7/c16-8-3-1-7(2-4-8)5-9-11-12(21-13(9)17)10-6-20-14(18)15(11,19)22-10/h1-5,10-12,14,16,18-19H,6H2/b9-5-. The molecule has 2 bridgehead atoms. The molecule has 3 aliphatic heterocycles. The van der Waals surface area contributed by atoms with Gasteiger partial charge in [0, 0.05) is 0 Å². The zero-order valence-corrected chi connectivity index (χ0v) is 11.4. The van der Waals surface area contributed by atoms with Gasteiger partial charge in [-0.1, -0.05) is 12.1 Å². The Balaban J connectivity index is 1.76. The van der Waals surface area contributed by atoms with Crippen molar-refractivity contribution >= 4 is 12.0 Å². The molecule has 0 radical (unpaired) electrons. The number of ether oxygens (including phenoxy) is 3. The molecule has 3 heterocycles. The van der Waals surface area contributed by atoms with E-state index in [1.807, 2.05) is 0 Å². The van der Waals surface area contributed by atoms with E-state index in [2.05, 4.69) is 0 Å². The zero-order valence-electron chi connectivity index (χ0n) is 11.4. The Morgan fingerprint density at radius 1 is 1.27 bits per heavy atom. The maximum absolute atomic E-state index is 12.1. The van der Waals surface area contributed by atoms with E-state index in [1.54, 1.807) is 18.2 Å². The van der Waals surface area contributed by atoms with E-state index < -0.39 is 36.2 Å². The van der Waals surface area contributed by atoms with Gasteiger partial charge in [0.25, 0.3) is 0 Å². The Hall–Kier alpha value is -1.93. The Labute approximate surface area is 125 Å². The number of carbonyl (C=O) groups excluding carboxylic acids is 1. The monoisotopic (exact) mass is 306 g/mol. The van der Waals surface area contributed by atoms with Gasteiger partial charge in [-0.05, 0) is 23.8 Å². The molecule has 5 unspecified atom stereocenters. The Kier molecular flexibility index (Phi) is 2.82. The van der Waals surface area contributed by atoms with Gasteiger partial charge >= 0.3 is 5.97 Å². The lowest BCUT2D eigenvalue weighted by Gasteiger charge is -2.35. The largest absolute Gasteiger partial charge is 0.508 e. The van der Waals surface area contributed by atoms with E-state index in [4.69, 9.17) is 14.2 Å². The Morgan fingerprint density at radius 3 is 2.73 bits per heavy atom. The van der Waals surface area contributed by atoms with Crippen LogP contribution in [0.15, 0.2) is 29.8 Å².